The molecule has 0 radical (unpaired) electrons. The van der Waals surface area contributed by atoms with E-state index in [1.165, 1.54) is 25.9 Å². The number of pyridine rings is 1. The van der Waals surface area contributed by atoms with E-state index in [9.17, 15) is 37.5 Å². The van der Waals surface area contributed by atoms with Crippen LogP contribution in [0.1, 0.15) is 64.2 Å². The summed E-state index contributed by atoms with van der Waals surface area (Å²) in [6.07, 6.45) is 1.83. The molecule has 4 aromatic rings. The number of carbonyl (C=O) groups is 3. The Hall–Kier alpha value is -4.76. The third kappa shape index (κ3) is 4.81. The molecule has 7 rings (SSSR count). The smallest absolute Gasteiger partial charge is 0.274 e. The molecule has 2 aromatic carbocycles. The fraction of sp³-hybridized carbons (Fsp3) is 0.323. The predicted molar refractivity (Wildman–Crippen MR) is 157 cm³/mol. The average Bonchev–Trinajstić information content (AvgIpc) is 3.57. The van der Waals surface area contributed by atoms with Gasteiger partial charge in [0.1, 0.15) is 28.6 Å². The molecule has 0 unspecified atom stereocenters. The van der Waals surface area contributed by atoms with E-state index in [-0.39, 0.29) is 37.2 Å². The third-order valence-corrected chi connectivity index (χ3v) is 9.83. The topological polar surface area (TPSA) is 134 Å². The van der Waals surface area contributed by atoms with Crippen LogP contribution < -0.4 is 10.7 Å². The average molecular weight is 654 g/mol. The maximum atomic E-state index is 14.2. The number of thiazole rings is 1. The molecule has 238 valence electrons. The van der Waals surface area contributed by atoms with Gasteiger partial charge in [0.15, 0.2) is 11.4 Å². The Kier molecular flexibility index (Phi) is 7.12. The molecule has 3 aliphatic heterocycles. The number of nitrogens with one attached hydrogen (secondary N) is 1. The van der Waals surface area contributed by atoms with Crippen molar-refractivity contribution >= 4 is 39.3 Å². The quantitative estimate of drug-likeness (QED) is 0.335. The largest absolute Gasteiger partial charge is 0.503 e. The molecule has 1 spiro atoms. The predicted octanol–water partition coefficient (Wildman–Crippen LogP) is 3.79. The zero-order chi connectivity index (χ0) is 32.5. The zero-order valence-electron chi connectivity index (χ0n) is 24.3. The Labute approximate surface area is 262 Å². The second kappa shape index (κ2) is 10.9. The summed E-state index contributed by atoms with van der Waals surface area (Å²) in [5.41, 5.74) is -0.642. The Bertz CT molecular complexity index is 1990. The van der Waals surface area contributed by atoms with Crippen LogP contribution in [-0.4, -0.2) is 60.5 Å². The summed E-state index contributed by atoms with van der Waals surface area (Å²) in [6, 6.07) is 5.46. The van der Waals surface area contributed by atoms with E-state index >= 15 is 0 Å². The van der Waals surface area contributed by atoms with Gasteiger partial charge in [0.2, 0.25) is 11.3 Å². The van der Waals surface area contributed by atoms with Gasteiger partial charge >= 0.3 is 0 Å². The summed E-state index contributed by atoms with van der Waals surface area (Å²) in [4.78, 5) is 65.7. The van der Waals surface area contributed by atoms with Gasteiger partial charge in [-0.1, -0.05) is 6.07 Å². The first-order chi connectivity index (χ1) is 22.0. The van der Waals surface area contributed by atoms with Crippen molar-refractivity contribution in [2.75, 3.05) is 6.54 Å². The van der Waals surface area contributed by atoms with E-state index in [1.807, 2.05) is 25.1 Å². The number of rotatable bonds is 5. The number of hydrogen-bond acceptors (Lipinski definition) is 8. The maximum absolute atomic E-state index is 14.2. The number of aromatic hydroxyl groups is 1. The van der Waals surface area contributed by atoms with Crippen LogP contribution in [0.2, 0.25) is 0 Å². The highest BCUT2D eigenvalue weighted by molar-refractivity contribution is 7.16. The Morgan fingerprint density at radius 3 is 2.70 bits per heavy atom. The van der Waals surface area contributed by atoms with Gasteiger partial charge in [0.25, 0.3) is 11.8 Å². The van der Waals surface area contributed by atoms with Crippen molar-refractivity contribution in [3.63, 3.8) is 0 Å². The Morgan fingerprint density at radius 1 is 1.17 bits per heavy atom. The molecule has 11 nitrogen and oxygen atoms in total. The van der Waals surface area contributed by atoms with Crippen LogP contribution >= 0.6 is 11.3 Å². The summed E-state index contributed by atoms with van der Waals surface area (Å²) < 4.78 is 44.0. The number of amides is 3. The number of halogens is 3. The lowest BCUT2D eigenvalue weighted by Gasteiger charge is -2.42. The molecule has 5 heterocycles. The number of benzene rings is 2. The Balaban J connectivity index is 1.24. The Morgan fingerprint density at radius 2 is 1.93 bits per heavy atom. The van der Waals surface area contributed by atoms with E-state index < -0.39 is 69.8 Å². The number of hydrogen-bond donors (Lipinski definition) is 2. The summed E-state index contributed by atoms with van der Waals surface area (Å²) in [6.45, 7) is 1.29. The second-order valence-electron chi connectivity index (χ2n) is 11.8. The molecule has 2 fully saturated rings. The normalized spacial score (nSPS) is 22.4. The lowest BCUT2D eigenvalue weighted by atomic mass is 9.85. The highest BCUT2D eigenvalue weighted by atomic mass is 32.1. The summed E-state index contributed by atoms with van der Waals surface area (Å²) >= 11 is 1.50. The number of aromatic nitrogens is 2. The van der Waals surface area contributed by atoms with Crippen LogP contribution in [0.5, 0.6) is 5.75 Å². The van der Waals surface area contributed by atoms with E-state index in [1.54, 1.807) is 5.51 Å². The zero-order valence-corrected chi connectivity index (χ0v) is 25.1. The van der Waals surface area contributed by atoms with Gasteiger partial charge in [0, 0.05) is 43.0 Å². The van der Waals surface area contributed by atoms with Gasteiger partial charge in [-0.25, -0.2) is 23.2 Å². The number of nitrogens with zero attached hydrogens (tertiary/aromatic N) is 4. The van der Waals surface area contributed by atoms with Crippen LogP contribution in [-0.2, 0) is 22.7 Å². The molecule has 3 aliphatic rings. The van der Waals surface area contributed by atoms with Crippen molar-refractivity contribution < 1.29 is 37.5 Å². The molecule has 3 atom stereocenters. The van der Waals surface area contributed by atoms with Crippen LogP contribution in [0, 0.1) is 17.5 Å². The molecule has 2 aromatic heterocycles. The monoisotopic (exact) mass is 653 g/mol. The SMILES string of the molecule is C[C@H]1CC[C@]2(CC(=O)N(Cc3ccc4scnc4c3)O2)[C@H]2CN1C(=O)c1c(O)c(=O)c(C(=O)NCc3c(F)cc(F)cc3F)cn12. The number of hydroxylamine groups is 2. The minimum atomic E-state index is -1.23. The molecule has 3 amide bonds. The van der Waals surface area contributed by atoms with Crippen LogP contribution in [0.3, 0.4) is 0 Å². The van der Waals surface area contributed by atoms with Crippen LogP contribution in [0.25, 0.3) is 10.2 Å². The van der Waals surface area contributed by atoms with Crippen LogP contribution in [0.4, 0.5) is 13.2 Å². The maximum Gasteiger partial charge on any atom is 0.274 e. The van der Waals surface area contributed by atoms with Gasteiger partial charge in [0.05, 0.1) is 34.7 Å². The number of carbonyl (C=O) groups excluding carboxylic acids is 3. The lowest BCUT2D eigenvalue weighted by molar-refractivity contribution is -0.218. The first kappa shape index (κ1) is 29.9. The van der Waals surface area contributed by atoms with Gasteiger partial charge in [-0.2, -0.15) is 0 Å². The fourth-order valence-electron chi connectivity index (χ4n) is 6.56. The van der Waals surface area contributed by atoms with Gasteiger partial charge in [-0.3, -0.25) is 24.0 Å². The van der Waals surface area contributed by atoms with E-state index in [0.717, 1.165) is 22.0 Å². The first-order valence-corrected chi connectivity index (χ1v) is 15.4. The molecule has 0 aliphatic carbocycles. The summed E-state index contributed by atoms with van der Waals surface area (Å²) in [5, 5.41) is 14.5. The minimum Gasteiger partial charge on any atom is -0.503 e. The van der Waals surface area contributed by atoms with Crippen molar-refractivity contribution in [1.82, 2.24) is 24.8 Å². The molecular weight excluding hydrogens is 627 g/mol. The highest BCUT2D eigenvalue weighted by Gasteiger charge is 2.56. The van der Waals surface area contributed by atoms with E-state index in [2.05, 4.69) is 10.3 Å². The standard InChI is InChI=1S/C31H26F3N5O6S/c1-15-4-5-31(9-25(40)39(45-31)11-16-2-3-23-22(6-16)36-14-46-23)24-13-37(15)30(44)26-28(42)27(41)19(12-38(24)26)29(43)35-10-18-20(33)7-17(32)8-21(18)34/h2-3,6-8,12,14-15,24,42H,4-5,9-11,13H2,1H3,(H,35,43)/t15-,24+,31-/m0/s1. The van der Waals surface area contributed by atoms with Crippen molar-refractivity contribution in [2.45, 2.75) is 57.0 Å². The van der Waals surface area contributed by atoms with Crippen molar-refractivity contribution in [1.29, 1.82) is 0 Å². The van der Waals surface area contributed by atoms with Crippen LogP contribution in [0.15, 0.2) is 46.8 Å². The summed E-state index contributed by atoms with van der Waals surface area (Å²) in [5.74, 6) is -6.61. The number of fused-ring (bicyclic) bond motifs is 6. The molecule has 15 heteroatoms. The second-order valence-corrected chi connectivity index (χ2v) is 12.7. The van der Waals surface area contributed by atoms with Gasteiger partial charge in [-0.05, 0) is 37.5 Å². The highest BCUT2D eigenvalue weighted by Crippen LogP contribution is 2.47. The lowest BCUT2D eigenvalue weighted by Crippen LogP contribution is -2.52. The fourth-order valence-corrected chi connectivity index (χ4v) is 7.22. The molecular formula is C31H26F3N5O6S. The van der Waals surface area contributed by atoms with Gasteiger partial charge < -0.3 is 19.9 Å². The third-order valence-electron chi connectivity index (χ3n) is 9.02. The van der Waals surface area contributed by atoms with Crippen molar-refractivity contribution in [2.24, 2.45) is 0 Å². The molecule has 46 heavy (non-hydrogen) atoms. The molecule has 2 bridgehead atoms. The molecule has 2 N–H and O–H groups in total. The summed E-state index contributed by atoms with van der Waals surface area (Å²) in [7, 11) is 0. The van der Waals surface area contributed by atoms with E-state index in [0.29, 0.717) is 25.0 Å². The van der Waals surface area contributed by atoms with Gasteiger partial charge in [-0.15, -0.1) is 11.3 Å². The molecule has 0 saturated carbocycles. The van der Waals surface area contributed by atoms with Crippen molar-refractivity contribution in [3.8, 4) is 5.75 Å². The van der Waals surface area contributed by atoms with E-state index in [4.69, 9.17) is 4.84 Å². The minimum absolute atomic E-state index is 0.0638. The van der Waals surface area contributed by atoms with Crippen molar-refractivity contribution in [3.05, 3.63) is 92.1 Å². The molecule has 2 saturated heterocycles. The first-order valence-electron chi connectivity index (χ1n) is 14.5.